The lowest BCUT2D eigenvalue weighted by atomic mass is 9.96. The second-order valence-corrected chi connectivity index (χ2v) is 7.37. The maximum atomic E-state index is 12.7. The number of methoxy groups -OCH3 is 2. The molecule has 0 aliphatic carbocycles. The van der Waals surface area contributed by atoms with Crippen LogP contribution in [0.15, 0.2) is 59.1 Å². The number of hydrogen-bond donors (Lipinski definition) is 3. The molecular weight excluding hydrogens is 450 g/mol. The Morgan fingerprint density at radius 2 is 1.73 bits per heavy atom. The zero-order valence-corrected chi connectivity index (χ0v) is 18.2. The van der Waals surface area contributed by atoms with Crippen molar-refractivity contribution in [1.29, 1.82) is 0 Å². The van der Waals surface area contributed by atoms with Gasteiger partial charge in [-0.05, 0) is 39.2 Å². The lowest BCUT2D eigenvalue weighted by molar-refractivity contribution is -0.120. The topological polar surface area (TPSA) is 88.0 Å². The number of carbonyl (C=O) groups excluding carboxylic acids is 1. The van der Waals surface area contributed by atoms with E-state index >= 15 is 0 Å². The largest absolute Gasteiger partial charge is 0.507 e. The number of phenolic OH excluding ortho intramolecular Hbond substituents is 2. The summed E-state index contributed by atoms with van der Waals surface area (Å²) in [4.78, 5) is 12.7. The Morgan fingerprint density at radius 3 is 2.40 bits per heavy atom. The molecular formula is C23H22BrNO5. The predicted molar refractivity (Wildman–Crippen MR) is 118 cm³/mol. The molecule has 0 saturated carbocycles. The molecule has 0 unspecified atom stereocenters. The van der Waals surface area contributed by atoms with Gasteiger partial charge in [0.1, 0.15) is 23.0 Å². The summed E-state index contributed by atoms with van der Waals surface area (Å²) in [5.41, 5.74) is 2.54. The molecule has 0 fully saturated rings. The van der Waals surface area contributed by atoms with Crippen molar-refractivity contribution >= 4 is 21.8 Å². The van der Waals surface area contributed by atoms with Crippen LogP contribution in [0.5, 0.6) is 23.0 Å². The molecule has 0 aromatic heterocycles. The molecule has 3 rings (SSSR count). The molecule has 0 spiro atoms. The third kappa shape index (κ3) is 4.68. The van der Waals surface area contributed by atoms with Crippen molar-refractivity contribution in [3.63, 3.8) is 0 Å². The highest BCUT2D eigenvalue weighted by Crippen LogP contribution is 2.42. The lowest BCUT2D eigenvalue weighted by Crippen LogP contribution is -2.25. The van der Waals surface area contributed by atoms with Gasteiger partial charge in [0, 0.05) is 29.8 Å². The first-order valence-electron chi connectivity index (χ1n) is 9.21. The molecule has 3 N–H and O–H groups in total. The van der Waals surface area contributed by atoms with Crippen LogP contribution in [0.1, 0.15) is 11.1 Å². The summed E-state index contributed by atoms with van der Waals surface area (Å²) < 4.78 is 10.9. The Bertz CT molecular complexity index is 1050. The molecule has 3 aromatic rings. The van der Waals surface area contributed by atoms with E-state index in [-0.39, 0.29) is 30.4 Å². The zero-order valence-electron chi connectivity index (χ0n) is 16.6. The van der Waals surface area contributed by atoms with E-state index in [1.165, 1.54) is 6.07 Å². The molecule has 3 aromatic carbocycles. The van der Waals surface area contributed by atoms with Gasteiger partial charge in [-0.3, -0.25) is 4.79 Å². The number of rotatable bonds is 7. The van der Waals surface area contributed by atoms with Crippen LogP contribution >= 0.6 is 15.9 Å². The number of carbonyl (C=O) groups is 1. The Morgan fingerprint density at radius 1 is 1.00 bits per heavy atom. The van der Waals surface area contributed by atoms with Crippen molar-refractivity contribution in [1.82, 2.24) is 5.32 Å². The Kier molecular flexibility index (Phi) is 6.84. The molecule has 1 amide bonds. The minimum absolute atomic E-state index is 0.0365. The van der Waals surface area contributed by atoms with E-state index in [4.69, 9.17) is 9.47 Å². The average molecular weight is 472 g/mol. The second-order valence-electron chi connectivity index (χ2n) is 6.58. The number of aromatic hydroxyl groups is 2. The number of halogens is 1. The first kappa shape index (κ1) is 21.5. The fourth-order valence-corrected chi connectivity index (χ4v) is 3.64. The number of ether oxygens (including phenoxy) is 2. The molecule has 0 saturated heterocycles. The molecule has 0 bridgehead atoms. The van der Waals surface area contributed by atoms with Crippen LogP contribution in [0.25, 0.3) is 11.1 Å². The van der Waals surface area contributed by atoms with Crippen LogP contribution in [0, 0.1) is 0 Å². The first-order chi connectivity index (χ1) is 14.4. The quantitative estimate of drug-likeness (QED) is 0.475. The van der Waals surface area contributed by atoms with Gasteiger partial charge in [-0.1, -0.05) is 30.3 Å². The van der Waals surface area contributed by atoms with E-state index in [0.29, 0.717) is 27.1 Å². The van der Waals surface area contributed by atoms with E-state index in [1.54, 1.807) is 26.4 Å². The highest BCUT2D eigenvalue weighted by atomic mass is 79.9. The Balaban J connectivity index is 1.84. The number of phenols is 2. The summed E-state index contributed by atoms with van der Waals surface area (Å²) >= 11 is 3.35. The van der Waals surface area contributed by atoms with E-state index in [2.05, 4.69) is 21.2 Å². The first-order valence-corrected chi connectivity index (χ1v) is 10.00. The molecule has 0 radical (unpaired) electrons. The Labute approximate surface area is 183 Å². The van der Waals surface area contributed by atoms with Crippen LogP contribution in [0.3, 0.4) is 0 Å². The summed E-state index contributed by atoms with van der Waals surface area (Å²) in [6, 6.07) is 15.8. The highest BCUT2D eigenvalue weighted by molar-refractivity contribution is 9.10. The van der Waals surface area contributed by atoms with E-state index < -0.39 is 0 Å². The number of nitrogens with one attached hydrogen (secondary N) is 1. The van der Waals surface area contributed by atoms with E-state index in [9.17, 15) is 15.0 Å². The molecule has 30 heavy (non-hydrogen) atoms. The van der Waals surface area contributed by atoms with Crippen molar-refractivity contribution < 1.29 is 24.5 Å². The van der Waals surface area contributed by atoms with Crippen LogP contribution in [0.4, 0.5) is 0 Å². The van der Waals surface area contributed by atoms with Gasteiger partial charge < -0.3 is 25.0 Å². The van der Waals surface area contributed by atoms with Crippen LogP contribution in [-0.2, 0) is 17.8 Å². The smallest absolute Gasteiger partial charge is 0.224 e. The number of amides is 1. The SMILES string of the molecule is COc1ccc(CNC(=O)Cc2c(Br)c(O)cc(O)c2-c2ccccc2)c(OC)c1. The minimum atomic E-state index is -0.268. The molecule has 0 atom stereocenters. The summed E-state index contributed by atoms with van der Waals surface area (Å²) in [5, 5.41) is 23.4. The van der Waals surface area contributed by atoms with Crippen molar-refractivity contribution in [2.75, 3.05) is 14.2 Å². The monoisotopic (exact) mass is 471 g/mol. The number of benzene rings is 3. The fourth-order valence-electron chi connectivity index (χ4n) is 3.19. The fraction of sp³-hybridized carbons (Fsp3) is 0.174. The molecule has 0 heterocycles. The van der Waals surface area contributed by atoms with Gasteiger partial charge >= 0.3 is 0 Å². The van der Waals surface area contributed by atoms with Gasteiger partial charge in [-0.15, -0.1) is 0 Å². The summed E-state index contributed by atoms with van der Waals surface area (Å²) in [7, 11) is 3.13. The second kappa shape index (κ2) is 9.54. The summed E-state index contributed by atoms with van der Waals surface area (Å²) in [6.07, 6.45) is -0.0365. The molecule has 7 heteroatoms. The predicted octanol–water partition coefficient (Wildman–Crippen LogP) is 4.40. The normalized spacial score (nSPS) is 10.5. The van der Waals surface area contributed by atoms with Gasteiger partial charge in [0.25, 0.3) is 0 Å². The zero-order chi connectivity index (χ0) is 21.7. The van der Waals surface area contributed by atoms with Crippen molar-refractivity contribution in [2.45, 2.75) is 13.0 Å². The van der Waals surface area contributed by atoms with Crippen LogP contribution < -0.4 is 14.8 Å². The third-order valence-corrected chi connectivity index (χ3v) is 5.58. The van der Waals surface area contributed by atoms with Crippen LogP contribution in [0.2, 0.25) is 0 Å². The maximum absolute atomic E-state index is 12.7. The van der Waals surface area contributed by atoms with Crippen LogP contribution in [-0.4, -0.2) is 30.3 Å². The van der Waals surface area contributed by atoms with Gasteiger partial charge in [-0.2, -0.15) is 0 Å². The van der Waals surface area contributed by atoms with Gasteiger partial charge in [-0.25, -0.2) is 0 Å². The maximum Gasteiger partial charge on any atom is 0.224 e. The molecule has 0 aliphatic rings. The summed E-state index contributed by atoms with van der Waals surface area (Å²) in [5.74, 6) is 0.772. The van der Waals surface area contributed by atoms with Crippen molar-refractivity contribution in [2.24, 2.45) is 0 Å². The van der Waals surface area contributed by atoms with Gasteiger partial charge in [0.15, 0.2) is 0 Å². The molecule has 156 valence electrons. The van der Waals surface area contributed by atoms with Crippen molar-refractivity contribution in [3.05, 3.63) is 70.2 Å². The summed E-state index contributed by atoms with van der Waals surface area (Å²) in [6.45, 7) is 0.259. The van der Waals surface area contributed by atoms with Gasteiger partial charge in [0.2, 0.25) is 5.91 Å². The Hall–Kier alpha value is -3.19. The third-order valence-electron chi connectivity index (χ3n) is 4.69. The molecule has 6 nitrogen and oxygen atoms in total. The van der Waals surface area contributed by atoms with Crippen molar-refractivity contribution in [3.8, 4) is 34.1 Å². The van der Waals surface area contributed by atoms with E-state index in [0.717, 1.165) is 11.1 Å². The highest BCUT2D eigenvalue weighted by Gasteiger charge is 2.20. The standard InChI is InChI=1S/C23H22BrNO5/c1-29-16-9-8-15(20(10-16)30-2)13-25-21(28)11-17-22(14-6-4-3-5-7-14)18(26)12-19(27)23(17)24/h3-10,12,26-27H,11,13H2,1-2H3,(H,25,28). The minimum Gasteiger partial charge on any atom is -0.507 e. The van der Waals surface area contributed by atoms with E-state index in [1.807, 2.05) is 36.4 Å². The average Bonchev–Trinajstić information content (AvgIpc) is 2.76. The number of hydrogen-bond acceptors (Lipinski definition) is 5. The lowest BCUT2D eigenvalue weighted by Gasteiger charge is -2.16. The van der Waals surface area contributed by atoms with Gasteiger partial charge in [0.05, 0.1) is 25.1 Å². The molecule has 0 aliphatic heterocycles.